The maximum Gasteiger partial charge on any atom is 0.322 e. The number of nitro groups is 1. The van der Waals surface area contributed by atoms with E-state index in [4.69, 9.17) is 0 Å². The molecule has 0 saturated carbocycles. The Balaban J connectivity index is 2.29. The third kappa shape index (κ3) is 3.21. The number of β-amino-alcohol motifs (C(OH)–C–C–N with tert-alkyl or cyclic N) is 1. The van der Waals surface area contributed by atoms with Crippen LogP contribution in [0.15, 0.2) is 0 Å². The Kier molecular flexibility index (Phi) is 4.26. The minimum absolute atomic E-state index is 0.166. The summed E-state index contributed by atoms with van der Waals surface area (Å²) in [6.45, 7) is 4.20. The maximum absolute atomic E-state index is 12.5. The lowest BCUT2D eigenvalue weighted by Crippen LogP contribution is -2.48. The Hall–Kier alpha value is -1.96. The average Bonchev–Trinajstić information content (AvgIpc) is 2.81. The Bertz CT molecular complexity index is 552. The molecular weight excluding hydrogens is 276 g/mol. The molecule has 1 aromatic rings. The highest BCUT2D eigenvalue weighted by molar-refractivity contribution is 5.96. The van der Waals surface area contributed by atoms with Gasteiger partial charge in [-0.1, -0.05) is 13.3 Å². The second-order valence-corrected chi connectivity index (χ2v) is 5.73. The molecule has 0 aromatic carbocycles. The molecule has 116 valence electrons. The Morgan fingerprint density at radius 2 is 2.33 bits per heavy atom. The van der Waals surface area contributed by atoms with Crippen molar-refractivity contribution in [3.8, 4) is 0 Å². The number of nitrogens with one attached hydrogen (secondary N) is 1. The van der Waals surface area contributed by atoms with E-state index in [0.29, 0.717) is 31.5 Å². The van der Waals surface area contributed by atoms with Gasteiger partial charge in [0.05, 0.1) is 10.5 Å². The number of H-pyrrole nitrogens is 1. The van der Waals surface area contributed by atoms with Crippen LogP contribution in [0.5, 0.6) is 0 Å². The van der Waals surface area contributed by atoms with Crippen LogP contribution in [0.3, 0.4) is 0 Å². The Labute approximate surface area is 122 Å². The predicted molar refractivity (Wildman–Crippen MR) is 75.0 cm³/mol. The number of amides is 1. The highest BCUT2D eigenvalue weighted by Crippen LogP contribution is 2.27. The number of piperidine rings is 1. The van der Waals surface area contributed by atoms with Crippen molar-refractivity contribution in [2.75, 3.05) is 13.1 Å². The summed E-state index contributed by atoms with van der Waals surface area (Å²) in [7, 11) is 0. The summed E-state index contributed by atoms with van der Waals surface area (Å²) in [5.41, 5.74) is -0.992. The zero-order chi connectivity index (χ0) is 15.6. The van der Waals surface area contributed by atoms with Gasteiger partial charge in [0.1, 0.15) is 5.69 Å². The number of hydrogen-bond donors (Lipinski definition) is 2. The third-order valence-electron chi connectivity index (χ3n) is 3.66. The van der Waals surface area contributed by atoms with Crippen molar-refractivity contribution in [1.82, 2.24) is 15.1 Å². The number of aromatic nitrogens is 2. The first-order valence-corrected chi connectivity index (χ1v) is 7.09. The molecule has 1 saturated heterocycles. The van der Waals surface area contributed by atoms with Gasteiger partial charge in [0.25, 0.3) is 5.91 Å². The Morgan fingerprint density at radius 1 is 1.62 bits per heavy atom. The number of rotatable bonds is 4. The number of aliphatic hydroxyl groups is 1. The molecule has 2 heterocycles. The van der Waals surface area contributed by atoms with Crippen LogP contribution in [0, 0.1) is 10.1 Å². The van der Waals surface area contributed by atoms with Gasteiger partial charge in [-0.15, -0.1) is 0 Å². The molecule has 1 amide bonds. The van der Waals surface area contributed by atoms with Gasteiger partial charge in [0.2, 0.25) is 5.69 Å². The molecule has 21 heavy (non-hydrogen) atoms. The molecule has 1 fully saturated rings. The number of likely N-dealkylation sites (tertiary alicyclic amines) is 1. The topological polar surface area (TPSA) is 112 Å². The van der Waals surface area contributed by atoms with Crippen LogP contribution in [0.4, 0.5) is 5.69 Å². The number of carbonyl (C=O) groups excluding carboxylic acids is 1. The van der Waals surface area contributed by atoms with Crippen LogP contribution in [-0.2, 0) is 6.42 Å². The number of aryl methyl sites for hydroxylation is 1. The largest absolute Gasteiger partial charge is 0.388 e. The lowest BCUT2D eigenvalue weighted by Gasteiger charge is -2.36. The van der Waals surface area contributed by atoms with Crippen molar-refractivity contribution in [3.05, 3.63) is 21.5 Å². The molecule has 0 radical (unpaired) electrons. The quantitative estimate of drug-likeness (QED) is 0.641. The van der Waals surface area contributed by atoms with Crippen molar-refractivity contribution in [3.63, 3.8) is 0 Å². The molecule has 0 aliphatic carbocycles. The summed E-state index contributed by atoms with van der Waals surface area (Å²) in [6.07, 6.45) is 2.46. The van der Waals surface area contributed by atoms with E-state index in [1.54, 1.807) is 6.92 Å². The number of nitrogens with zero attached hydrogens (tertiary/aromatic N) is 3. The molecule has 1 aromatic heterocycles. The summed E-state index contributed by atoms with van der Waals surface area (Å²) in [4.78, 5) is 24.5. The van der Waals surface area contributed by atoms with Crippen molar-refractivity contribution in [2.24, 2.45) is 0 Å². The second-order valence-electron chi connectivity index (χ2n) is 5.73. The number of carbonyl (C=O) groups is 1. The summed E-state index contributed by atoms with van der Waals surface area (Å²) < 4.78 is 0. The van der Waals surface area contributed by atoms with Crippen LogP contribution in [0.1, 0.15) is 49.3 Å². The molecular formula is C13H20N4O4. The summed E-state index contributed by atoms with van der Waals surface area (Å²) >= 11 is 0. The second kappa shape index (κ2) is 5.80. The minimum atomic E-state index is -0.953. The van der Waals surface area contributed by atoms with E-state index in [1.807, 2.05) is 6.92 Å². The average molecular weight is 296 g/mol. The standard InChI is InChI=1S/C13H20N4O4/c1-3-5-9-11(17(20)21)10(15-14-9)12(18)16-7-4-6-13(2,19)8-16/h19H,3-8H2,1-2H3,(H,14,15). The van der Waals surface area contributed by atoms with Crippen molar-refractivity contribution in [1.29, 1.82) is 0 Å². The van der Waals surface area contributed by atoms with Gasteiger partial charge in [-0.25, -0.2) is 0 Å². The molecule has 1 unspecified atom stereocenters. The zero-order valence-electron chi connectivity index (χ0n) is 12.3. The first-order valence-electron chi connectivity index (χ1n) is 7.09. The fourth-order valence-corrected chi connectivity index (χ4v) is 2.69. The fraction of sp³-hybridized carbons (Fsp3) is 0.692. The van der Waals surface area contributed by atoms with Gasteiger partial charge in [-0.2, -0.15) is 5.10 Å². The van der Waals surface area contributed by atoms with E-state index >= 15 is 0 Å². The van der Waals surface area contributed by atoms with Gasteiger partial charge in [-0.3, -0.25) is 20.0 Å². The normalized spacial score (nSPS) is 22.3. The van der Waals surface area contributed by atoms with Crippen LogP contribution in [0.25, 0.3) is 0 Å². The van der Waals surface area contributed by atoms with Gasteiger partial charge in [0.15, 0.2) is 0 Å². The Morgan fingerprint density at radius 3 is 2.90 bits per heavy atom. The van der Waals surface area contributed by atoms with Gasteiger partial charge in [-0.05, 0) is 26.2 Å². The molecule has 0 spiro atoms. The smallest absolute Gasteiger partial charge is 0.322 e. The van der Waals surface area contributed by atoms with Gasteiger partial charge in [0, 0.05) is 13.1 Å². The fourth-order valence-electron chi connectivity index (χ4n) is 2.69. The highest BCUT2D eigenvalue weighted by Gasteiger charge is 2.36. The van der Waals surface area contributed by atoms with E-state index in [2.05, 4.69) is 10.2 Å². The molecule has 1 atom stereocenters. The maximum atomic E-state index is 12.5. The molecule has 8 heteroatoms. The summed E-state index contributed by atoms with van der Waals surface area (Å²) in [5.74, 6) is -0.500. The van der Waals surface area contributed by atoms with Crippen LogP contribution < -0.4 is 0 Å². The van der Waals surface area contributed by atoms with Crippen molar-refractivity contribution < 1.29 is 14.8 Å². The van der Waals surface area contributed by atoms with Gasteiger partial charge >= 0.3 is 5.69 Å². The summed E-state index contributed by atoms with van der Waals surface area (Å²) in [5, 5.41) is 27.7. The van der Waals surface area contributed by atoms with E-state index in [0.717, 1.165) is 6.42 Å². The molecule has 2 N–H and O–H groups in total. The highest BCUT2D eigenvalue weighted by atomic mass is 16.6. The monoisotopic (exact) mass is 296 g/mol. The lowest BCUT2D eigenvalue weighted by atomic mass is 9.95. The molecule has 2 rings (SSSR count). The number of aromatic amines is 1. The first kappa shape index (κ1) is 15.4. The van der Waals surface area contributed by atoms with E-state index in [9.17, 15) is 20.0 Å². The third-order valence-corrected chi connectivity index (χ3v) is 3.66. The molecule has 1 aliphatic rings. The predicted octanol–water partition coefficient (Wildman–Crippen LogP) is 1.26. The van der Waals surface area contributed by atoms with Crippen LogP contribution in [0.2, 0.25) is 0 Å². The summed E-state index contributed by atoms with van der Waals surface area (Å²) in [6, 6.07) is 0. The zero-order valence-corrected chi connectivity index (χ0v) is 12.3. The minimum Gasteiger partial charge on any atom is -0.388 e. The number of hydrogen-bond acceptors (Lipinski definition) is 5. The lowest BCUT2D eigenvalue weighted by molar-refractivity contribution is -0.385. The van der Waals surface area contributed by atoms with Gasteiger partial charge < -0.3 is 10.0 Å². The first-order chi connectivity index (χ1) is 9.85. The van der Waals surface area contributed by atoms with Crippen molar-refractivity contribution in [2.45, 2.75) is 45.1 Å². The van der Waals surface area contributed by atoms with Crippen LogP contribution in [-0.4, -0.2) is 49.7 Å². The van der Waals surface area contributed by atoms with Crippen LogP contribution >= 0.6 is 0 Å². The van der Waals surface area contributed by atoms with E-state index in [1.165, 1.54) is 4.90 Å². The molecule has 8 nitrogen and oxygen atoms in total. The van der Waals surface area contributed by atoms with Crippen molar-refractivity contribution >= 4 is 11.6 Å². The van der Waals surface area contributed by atoms with E-state index in [-0.39, 0.29) is 17.9 Å². The molecule has 0 bridgehead atoms. The SMILES string of the molecule is CCCc1[nH]nc(C(=O)N2CCCC(C)(O)C2)c1[N+](=O)[O-]. The van der Waals surface area contributed by atoms with E-state index < -0.39 is 16.4 Å². The molecule has 1 aliphatic heterocycles.